The molecule has 3 aromatic rings. The molecule has 1 saturated carbocycles. The van der Waals surface area contributed by atoms with Crippen LogP contribution in [0.1, 0.15) is 37.7 Å². The van der Waals surface area contributed by atoms with Crippen LogP contribution in [0.5, 0.6) is 5.75 Å². The third-order valence-electron chi connectivity index (χ3n) is 6.56. The first-order chi connectivity index (χ1) is 17.8. The molecule has 198 valence electrons. The standard InChI is InChI=1S/C26H34N6O3S2/c1-28-13-6-14-35-20-10-11-22-24(16-20)36-26(30-22)31-37(33,34)25-12-9-19(15-18(25)17-27)29-21-7-4-5-8-23(21)32(2)3/h9-12,15-16,21,23,28-29H,4-8,13-14H2,1-3H3,(H,30,31)/t21-,23-/m0/s1. The molecule has 9 nitrogen and oxygen atoms in total. The number of nitriles is 1. The van der Waals surface area contributed by atoms with Gasteiger partial charge in [-0.2, -0.15) is 5.26 Å². The van der Waals surface area contributed by atoms with Gasteiger partial charge in [0.25, 0.3) is 10.0 Å². The van der Waals surface area contributed by atoms with Crippen LogP contribution in [0.25, 0.3) is 10.2 Å². The molecule has 0 aliphatic heterocycles. The van der Waals surface area contributed by atoms with Gasteiger partial charge in [-0.05, 0) is 83.3 Å². The van der Waals surface area contributed by atoms with E-state index in [1.807, 2.05) is 25.2 Å². The summed E-state index contributed by atoms with van der Waals surface area (Å²) in [7, 11) is 2.04. The number of hydrogen-bond donors (Lipinski definition) is 3. The second-order valence-electron chi connectivity index (χ2n) is 9.45. The summed E-state index contributed by atoms with van der Waals surface area (Å²) < 4.78 is 35.6. The molecule has 1 aliphatic rings. The first-order valence-electron chi connectivity index (χ1n) is 12.5. The second kappa shape index (κ2) is 12.1. The highest BCUT2D eigenvalue weighted by Crippen LogP contribution is 2.32. The maximum atomic E-state index is 13.2. The van der Waals surface area contributed by atoms with Gasteiger partial charge in [0.2, 0.25) is 0 Å². The van der Waals surface area contributed by atoms with E-state index in [1.54, 1.807) is 12.1 Å². The molecule has 0 spiro atoms. The molecule has 1 heterocycles. The fourth-order valence-electron chi connectivity index (χ4n) is 4.70. The van der Waals surface area contributed by atoms with E-state index in [1.165, 1.54) is 23.8 Å². The van der Waals surface area contributed by atoms with Crippen molar-refractivity contribution in [3.05, 3.63) is 42.0 Å². The number of nitrogens with one attached hydrogen (secondary N) is 3. The zero-order chi connectivity index (χ0) is 26.4. The highest BCUT2D eigenvalue weighted by molar-refractivity contribution is 7.93. The summed E-state index contributed by atoms with van der Waals surface area (Å²) in [6.45, 7) is 1.45. The van der Waals surface area contributed by atoms with Crippen LogP contribution in [-0.2, 0) is 10.0 Å². The lowest BCUT2D eigenvalue weighted by Gasteiger charge is -2.37. The molecule has 4 rings (SSSR count). The van der Waals surface area contributed by atoms with Crippen molar-refractivity contribution < 1.29 is 13.2 Å². The Morgan fingerprint density at radius 2 is 2.00 bits per heavy atom. The molecule has 0 amide bonds. The van der Waals surface area contributed by atoms with Gasteiger partial charge in [0.15, 0.2) is 5.13 Å². The Morgan fingerprint density at radius 3 is 2.76 bits per heavy atom. The first kappa shape index (κ1) is 27.1. The third kappa shape index (κ3) is 6.70. The molecular weight excluding hydrogens is 508 g/mol. The molecule has 37 heavy (non-hydrogen) atoms. The predicted molar refractivity (Wildman–Crippen MR) is 149 cm³/mol. The van der Waals surface area contributed by atoms with Crippen molar-refractivity contribution in [1.82, 2.24) is 15.2 Å². The minimum Gasteiger partial charge on any atom is -0.493 e. The number of sulfonamides is 1. The smallest absolute Gasteiger partial charge is 0.264 e. The molecule has 1 aromatic heterocycles. The van der Waals surface area contributed by atoms with Crippen molar-refractivity contribution in [2.45, 2.75) is 49.1 Å². The summed E-state index contributed by atoms with van der Waals surface area (Å²) in [6.07, 6.45) is 5.37. The van der Waals surface area contributed by atoms with Crippen LogP contribution in [0.3, 0.4) is 0 Å². The van der Waals surface area contributed by atoms with Crippen molar-refractivity contribution in [2.75, 3.05) is 44.3 Å². The topological polar surface area (TPSA) is 119 Å². The first-order valence-corrected chi connectivity index (χ1v) is 14.8. The molecule has 0 radical (unpaired) electrons. The molecular formula is C26H34N6O3S2. The van der Waals surface area contributed by atoms with Crippen molar-refractivity contribution in [3.63, 3.8) is 0 Å². The van der Waals surface area contributed by atoms with Crippen LogP contribution in [0.4, 0.5) is 10.8 Å². The van der Waals surface area contributed by atoms with Crippen LogP contribution in [0.15, 0.2) is 41.3 Å². The van der Waals surface area contributed by atoms with Gasteiger partial charge in [0, 0.05) is 17.8 Å². The second-order valence-corrected chi connectivity index (χ2v) is 12.1. The summed E-state index contributed by atoms with van der Waals surface area (Å²) >= 11 is 1.23. The summed E-state index contributed by atoms with van der Waals surface area (Å²) in [6, 6.07) is 13.0. The van der Waals surface area contributed by atoms with E-state index in [0.29, 0.717) is 23.9 Å². The van der Waals surface area contributed by atoms with E-state index in [9.17, 15) is 13.7 Å². The SMILES string of the molecule is CNCCCOc1ccc2nc(NS(=O)(=O)c3ccc(N[C@H]4CCCC[C@@H]4N(C)C)cc3C#N)sc2c1. The van der Waals surface area contributed by atoms with E-state index in [-0.39, 0.29) is 21.6 Å². The van der Waals surface area contributed by atoms with Crippen molar-refractivity contribution >= 4 is 42.4 Å². The van der Waals surface area contributed by atoms with Crippen LogP contribution >= 0.6 is 11.3 Å². The molecule has 11 heteroatoms. The Morgan fingerprint density at radius 1 is 1.19 bits per heavy atom. The number of rotatable bonds is 11. The lowest BCUT2D eigenvalue weighted by molar-refractivity contribution is 0.211. The van der Waals surface area contributed by atoms with Gasteiger partial charge in [0.05, 0.1) is 22.4 Å². The van der Waals surface area contributed by atoms with E-state index in [0.717, 1.165) is 42.6 Å². The number of nitrogens with zero attached hydrogens (tertiary/aromatic N) is 3. The predicted octanol–water partition coefficient (Wildman–Crippen LogP) is 4.24. The summed E-state index contributed by atoms with van der Waals surface area (Å²) in [5.74, 6) is 0.714. The average molecular weight is 543 g/mol. The highest BCUT2D eigenvalue weighted by atomic mass is 32.2. The number of likely N-dealkylation sites (N-methyl/N-ethyl adjacent to an activating group) is 1. The molecule has 1 aliphatic carbocycles. The zero-order valence-electron chi connectivity index (χ0n) is 21.5. The Hall–Kier alpha value is -2.91. The van der Waals surface area contributed by atoms with Gasteiger partial charge in [0.1, 0.15) is 16.7 Å². The molecule has 2 atom stereocenters. The fraction of sp³-hybridized carbons (Fsp3) is 0.462. The molecule has 0 bridgehead atoms. The third-order valence-corrected chi connectivity index (χ3v) is 9.02. The lowest BCUT2D eigenvalue weighted by Crippen LogP contribution is -2.45. The summed E-state index contributed by atoms with van der Waals surface area (Å²) in [5, 5.41) is 16.6. The van der Waals surface area contributed by atoms with Gasteiger partial charge in [-0.25, -0.2) is 13.4 Å². The van der Waals surface area contributed by atoms with E-state index < -0.39 is 10.0 Å². The van der Waals surface area contributed by atoms with E-state index in [2.05, 4.69) is 45.4 Å². The van der Waals surface area contributed by atoms with Crippen LogP contribution in [0.2, 0.25) is 0 Å². The Bertz CT molecular complexity index is 1370. The maximum Gasteiger partial charge on any atom is 0.264 e. The van der Waals surface area contributed by atoms with Gasteiger partial charge in [-0.15, -0.1) is 0 Å². The van der Waals surface area contributed by atoms with Crippen LogP contribution in [-0.4, -0.2) is 64.7 Å². The molecule has 1 fully saturated rings. The fourth-order valence-corrected chi connectivity index (χ4v) is 6.97. The number of benzene rings is 2. The largest absolute Gasteiger partial charge is 0.493 e. The van der Waals surface area contributed by atoms with Crippen molar-refractivity contribution in [2.24, 2.45) is 0 Å². The average Bonchev–Trinajstić information content (AvgIpc) is 3.27. The number of anilines is 2. The number of thiazole rings is 1. The monoisotopic (exact) mass is 542 g/mol. The highest BCUT2D eigenvalue weighted by Gasteiger charge is 2.27. The van der Waals surface area contributed by atoms with Gasteiger partial charge in [-0.1, -0.05) is 24.2 Å². The van der Waals surface area contributed by atoms with Crippen LogP contribution in [0, 0.1) is 11.3 Å². The zero-order valence-corrected chi connectivity index (χ0v) is 23.1. The van der Waals surface area contributed by atoms with Crippen LogP contribution < -0.4 is 20.1 Å². The molecule has 0 unspecified atom stereocenters. The van der Waals surface area contributed by atoms with Gasteiger partial charge < -0.3 is 20.3 Å². The maximum absolute atomic E-state index is 13.2. The minimum absolute atomic E-state index is 0.0684. The van der Waals surface area contributed by atoms with E-state index in [4.69, 9.17) is 4.74 Å². The normalized spacial score (nSPS) is 18.0. The summed E-state index contributed by atoms with van der Waals surface area (Å²) in [5.41, 5.74) is 1.51. The Labute approximate surface area is 222 Å². The Kier molecular flexibility index (Phi) is 8.87. The Balaban J connectivity index is 1.49. The van der Waals surface area contributed by atoms with Gasteiger partial charge >= 0.3 is 0 Å². The lowest BCUT2D eigenvalue weighted by atomic mass is 9.89. The molecule has 0 saturated heterocycles. The number of ether oxygens (including phenoxy) is 1. The number of fused-ring (bicyclic) bond motifs is 1. The number of hydrogen-bond acceptors (Lipinski definition) is 9. The summed E-state index contributed by atoms with van der Waals surface area (Å²) in [4.78, 5) is 6.57. The van der Waals surface area contributed by atoms with Crippen molar-refractivity contribution in [3.8, 4) is 11.8 Å². The quantitative estimate of drug-likeness (QED) is 0.308. The van der Waals surface area contributed by atoms with Crippen molar-refractivity contribution in [1.29, 1.82) is 5.26 Å². The van der Waals surface area contributed by atoms with Gasteiger partial charge in [-0.3, -0.25) is 4.72 Å². The van der Waals surface area contributed by atoms with E-state index >= 15 is 0 Å². The number of aromatic nitrogens is 1. The molecule has 3 N–H and O–H groups in total. The minimum atomic E-state index is -4.01. The molecule has 2 aromatic carbocycles.